The number of anilines is 1. The van der Waals surface area contributed by atoms with Crippen molar-refractivity contribution in [2.75, 3.05) is 4.90 Å². The van der Waals surface area contributed by atoms with Crippen molar-refractivity contribution in [1.82, 2.24) is 0 Å². The fraction of sp³-hybridized carbons (Fsp3) is 0.269. The molecule has 0 bridgehead atoms. The Kier molecular flexibility index (Phi) is 5.57. The standard InChI is InChI=1S/C26H27NO/c1-2-3-6-15-24-25(27(26(24)28)23-13-9-5-10-14-23)22-18-16-21(17-19-22)20-11-7-4-8-12-20/h4-5,7-14,16-19,24-25H,2-3,6,15H2,1H3. The van der Waals surface area contributed by atoms with Gasteiger partial charge in [0.1, 0.15) is 0 Å². The molecule has 0 aliphatic carbocycles. The van der Waals surface area contributed by atoms with Crippen molar-refractivity contribution in [2.24, 2.45) is 5.92 Å². The Bertz CT molecular complexity index is 902. The molecular formula is C26H27NO. The predicted molar refractivity (Wildman–Crippen MR) is 116 cm³/mol. The maximum atomic E-state index is 13.0. The molecule has 2 unspecified atom stereocenters. The van der Waals surface area contributed by atoms with Crippen LogP contribution in [0.1, 0.15) is 44.2 Å². The van der Waals surface area contributed by atoms with Gasteiger partial charge in [-0.3, -0.25) is 4.79 Å². The minimum atomic E-state index is 0.0920. The van der Waals surface area contributed by atoms with E-state index in [4.69, 9.17) is 0 Å². The van der Waals surface area contributed by atoms with Crippen LogP contribution >= 0.6 is 0 Å². The number of carbonyl (C=O) groups is 1. The summed E-state index contributed by atoms with van der Waals surface area (Å²) < 4.78 is 0. The molecule has 0 radical (unpaired) electrons. The molecule has 4 rings (SSSR count). The van der Waals surface area contributed by atoms with Crippen LogP contribution in [0, 0.1) is 5.92 Å². The Balaban J connectivity index is 1.61. The van der Waals surface area contributed by atoms with E-state index in [1.165, 1.54) is 29.5 Å². The van der Waals surface area contributed by atoms with E-state index in [-0.39, 0.29) is 17.9 Å². The number of benzene rings is 3. The van der Waals surface area contributed by atoms with Gasteiger partial charge in [-0.2, -0.15) is 0 Å². The molecule has 0 saturated carbocycles. The molecule has 1 aliphatic rings. The number of unbranched alkanes of at least 4 members (excludes halogenated alkanes) is 2. The second-order valence-electron chi connectivity index (χ2n) is 7.58. The van der Waals surface area contributed by atoms with Crippen molar-refractivity contribution in [3.05, 3.63) is 90.5 Å². The Morgan fingerprint density at radius 2 is 1.36 bits per heavy atom. The molecule has 3 aromatic rings. The lowest BCUT2D eigenvalue weighted by Crippen LogP contribution is -2.55. The van der Waals surface area contributed by atoms with Crippen molar-refractivity contribution in [3.63, 3.8) is 0 Å². The highest BCUT2D eigenvalue weighted by Gasteiger charge is 2.47. The fourth-order valence-corrected chi connectivity index (χ4v) is 4.21. The average Bonchev–Trinajstić information content (AvgIpc) is 2.76. The first-order chi connectivity index (χ1) is 13.8. The van der Waals surface area contributed by atoms with E-state index in [0.29, 0.717) is 0 Å². The minimum absolute atomic E-state index is 0.0920. The molecule has 1 fully saturated rings. The molecule has 0 N–H and O–H groups in total. The molecule has 0 aromatic heterocycles. The van der Waals surface area contributed by atoms with Gasteiger partial charge < -0.3 is 4.90 Å². The molecule has 28 heavy (non-hydrogen) atoms. The van der Waals surface area contributed by atoms with Gasteiger partial charge in [-0.15, -0.1) is 0 Å². The summed E-state index contributed by atoms with van der Waals surface area (Å²) >= 11 is 0. The largest absolute Gasteiger partial charge is 0.304 e. The number of para-hydroxylation sites is 1. The van der Waals surface area contributed by atoms with Crippen molar-refractivity contribution >= 4 is 11.6 Å². The zero-order valence-corrected chi connectivity index (χ0v) is 16.4. The highest BCUT2D eigenvalue weighted by Crippen LogP contribution is 2.45. The highest BCUT2D eigenvalue weighted by molar-refractivity contribution is 6.03. The molecular weight excluding hydrogens is 342 g/mol. The van der Waals surface area contributed by atoms with Gasteiger partial charge >= 0.3 is 0 Å². The number of nitrogens with zero attached hydrogens (tertiary/aromatic N) is 1. The summed E-state index contributed by atoms with van der Waals surface area (Å²) in [7, 11) is 0. The first kappa shape index (κ1) is 18.5. The Morgan fingerprint density at radius 3 is 2.00 bits per heavy atom. The van der Waals surface area contributed by atoms with E-state index in [0.717, 1.165) is 18.5 Å². The van der Waals surface area contributed by atoms with E-state index < -0.39 is 0 Å². The number of hydrogen-bond acceptors (Lipinski definition) is 1. The van der Waals surface area contributed by atoms with Gasteiger partial charge in [0.25, 0.3) is 0 Å². The van der Waals surface area contributed by atoms with Crippen LogP contribution < -0.4 is 4.90 Å². The topological polar surface area (TPSA) is 20.3 Å². The maximum absolute atomic E-state index is 13.0. The van der Waals surface area contributed by atoms with Gasteiger partial charge in [0.15, 0.2) is 0 Å². The fourth-order valence-electron chi connectivity index (χ4n) is 4.21. The van der Waals surface area contributed by atoms with Crippen molar-refractivity contribution in [1.29, 1.82) is 0 Å². The molecule has 2 atom stereocenters. The zero-order chi connectivity index (χ0) is 19.3. The van der Waals surface area contributed by atoms with E-state index in [2.05, 4.69) is 55.5 Å². The predicted octanol–water partition coefficient (Wildman–Crippen LogP) is 6.64. The lowest BCUT2D eigenvalue weighted by Gasteiger charge is -2.47. The third-order valence-corrected chi connectivity index (χ3v) is 5.73. The normalized spacial score (nSPS) is 18.8. The number of β-lactam (4-membered cyclic amide) rings is 1. The number of amides is 1. The molecule has 0 spiro atoms. The van der Waals surface area contributed by atoms with E-state index in [1.807, 2.05) is 41.3 Å². The second kappa shape index (κ2) is 8.43. The Morgan fingerprint density at radius 1 is 0.750 bits per heavy atom. The van der Waals surface area contributed by atoms with Gasteiger partial charge in [0.05, 0.1) is 12.0 Å². The average molecular weight is 370 g/mol. The van der Waals surface area contributed by atoms with Gasteiger partial charge in [0, 0.05) is 5.69 Å². The first-order valence-electron chi connectivity index (χ1n) is 10.3. The summed E-state index contributed by atoms with van der Waals surface area (Å²) in [6, 6.07) is 29.4. The van der Waals surface area contributed by atoms with E-state index in [1.54, 1.807) is 0 Å². The van der Waals surface area contributed by atoms with Crippen LogP contribution in [0.3, 0.4) is 0 Å². The minimum Gasteiger partial charge on any atom is -0.304 e. The summed E-state index contributed by atoms with van der Waals surface area (Å²) in [5.74, 6) is 0.355. The van der Waals surface area contributed by atoms with Crippen LogP contribution in [0.5, 0.6) is 0 Å². The van der Waals surface area contributed by atoms with Crippen LogP contribution in [0.25, 0.3) is 11.1 Å². The van der Waals surface area contributed by atoms with E-state index in [9.17, 15) is 4.79 Å². The van der Waals surface area contributed by atoms with Crippen molar-refractivity contribution < 1.29 is 4.79 Å². The maximum Gasteiger partial charge on any atom is 0.233 e. The quantitative estimate of drug-likeness (QED) is 0.338. The number of hydrogen-bond donors (Lipinski definition) is 0. The number of carbonyl (C=O) groups excluding carboxylic acids is 1. The van der Waals surface area contributed by atoms with Gasteiger partial charge in [-0.1, -0.05) is 99.0 Å². The van der Waals surface area contributed by atoms with Crippen LogP contribution in [0.15, 0.2) is 84.9 Å². The van der Waals surface area contributed by atoms with Crippen LogP contribution in [0.2, 0.25) is 0 Å². The Labute approximate surface area is 167 Å². The molecule has 3 aromatic carbocycles. The summed E-state index contributed by atoms with van der Waals surface area (Å²) in [6.45, 7) is 2.21. The molecule has 1 amide bonds. The van der Waals surface area contributed by atoms with Crippen LogP contribution in [0.4, 0.5) is 5.69 Å². The number of rotatable bonds is 7. The first-order valence-corrected chi connectivity index (χ1v) is 10.3. The summed E-state index contributed by atoms with van der Waals surface area (Å²) in [5, 5.41) is 0. The van der Waals surface area contributed by atoms with Crippen molar-refractivity contribution in [2.45, 2.75) is 38.6 Å². The van der Waals surface area contributed by atoms with Crippen LogP contribution in [-0.2, 0) is 4.79 Å². The summed E-state index contributed by atoms with van der Waals surface area (Å²) in [6.07, 6.45) is 4.46. The Hall–Kier alpha value is -2.87. The van der Waals surface area contributed by atoms with Crippen molar-refractivity contribution in [3.8, 4) is 11.1 Å². The summed E-state index contributed by atoms with van der Waals surface area (Å²) in [5.41, 5.74) is 4.66. The molecule has 1 heterocycles. The molecule has 1 aliphatic heterocycles. The molecule has 1 saturated heterocycles. The third kappa shape index (κ3) is 3.60. The zero-order valence-electron chi connectivity index (χ0n) is 16.4. The molecule has 142 valence electrons. The second-order valence-corrected chi connectivity index (χ2v) is 7.58. The highest BCUT2D eigenvalue weighted by atomic mass is 16.2. The third-order valence-electron chi connectivity index (χ3n) is 5.73. The monoisotopic (exact) mass is 369 g/mol. The lowest BCUT2D eigenvalue weighted by atomic mass is 9.78. The smallest absolute Gasteiger partial charge is 0.233 e. The van der Waals surface area contributed by atoms with Crippen LogP contribution in [-0.4, -0.2) is 5.91 Å². The van der Waals surface area contributed by atoms with Gasteiger partial charge in [-0.05, 0) is 35.2 Å². The molecule has 2 heteroatoms. The lowest BCUT2D eigenvalue weighted by molar-refractivity contribution is -0.130. The van der Waals surface area contributed by atoms with E-state index >= 15 is 0 Å². The summed E-state index contributed by atoms with van der Waals surface area (Å²) in [4.78, 5) is 14.9. The van der Waals surface area contributed by atoms with Gasteiger partial charge in [-0.25, -0.2) is 0 Å². The van der Waals surface area contributed by atoms with Gasteiger partial charge in [0.2, 0.25) is 5.91 Å². The molecule has 2 nitrogen and oxygen atoms in total. The SMILES string of the molecule is CCCCCC1C(=O)N(c2ccccc2)C1c1ccc(-c2ccccc2)cc1.